The first-order valence-corrected chi connectivity index (χ1v) is 6.89. The lowest BCUT2D eigenvalue weighted by molar-refractivity contribution is 0.0733. The van der Waals surface area contributed by atoms with E-state index in [0.717, 1.165) is 30.6 Å². The number of likely N-dealkylation sites (tertiary alicyclic amines) is 1. The van der Waals surface area contributed by atoms with Gasteiger partial charge in [-0.15, -0.1) is 0 Å². The molecule has 0 spiro atoms. The highest BCUT2D eigenvalue weighted by molar-refractivity contribution is 7.08. The summed E-state index contributed by atoms with van der Waals surface area (Å²) in [5.41, 5.74) is 1.66. The standard InChI is InChI=1S/C13H13N3OS/c17-13(10-3-7-18-9-10)16-6-1-2-12(16)11-8-14-4-5-15-11/h3-5,7-9,12H,1-2,6H2/t12-/m1/s1. The van der Waals surface area contributed by atoms with E-state index in [4.69, 9.17) is 0 Å². The van der Waals surface area contributed by atoms with Gasteiger partial charge in [0.05, 0.1) is 23.5 Å². The molecule has 1 aliphatic heterocycles. The summed E-state index contributed by atoms with van der Waals surface area (Å²) in [5.74, 6) is 0.101. The Kier molecular flexibility index (Phi) is 3.06. The fraction of sp³-hybridized carbons (Fsp3) is 0.308. The number of carbonyl (C=O) groups excluding carboxylic acids is 1. The van der Waals surface area contributed by atoms with Crippen molar-refractivity contribution in [3.63, 3.8) is 0 Å². The zero-order chi connectivity index (χ0) is 12.4. The van der Waals surface area contributed by atoms with Crippen molar-refractivity contribution in [2.24, 2.45) is 0 Å². The van der Waals surface area contributed by atoms with Crippen LogP contribution >= 0.6 is 11.3 Å². The summed E-state index contributed by atoms with van der Waals surface area (Å²) in [5, 5.41) is 3.83. The Hall–Kier alpha value is -1.75. The highest BCUT2D eigenvalue weighted by Gasteiger charge is 2.31. The van der Waals surface area contributed by atoms with Crippen molar-refractivity contribution in [1.82, 2.24) is 14.9 Å². The second kappa shape index (κ2) is 4.86. The lowest BCUT2D eigenvalue weighted by Crippen LogP contribution is -2.30. The van der Waals surface area contributed by atoms with Crippen molar-refractivity contribution in [2.45, 2.75) is 18.9 Å². The fourth-order valence-corrected chi connectivity index (χ4v) is 2.98. The molecule has 0 radical (unpaired) electrons. The van der Waals surface area contributed by atoms with E-state index >= 15 is 0 Å². The normalized spacial score (nSPS) is 19.1. The molecule has 92 valence electrons. The topological polar surface area (TPSA) is 46.1 Å². The lowest BCUT2D eigenvalue weighted by Gasteiger charge is -2.23. The molecule has 0 aromatic carbocycles. The van der Waals surface area contributed by atoms with E-state index in [1.807, 2.05) is 21.7 Å². The molecule has 1 atom stereocenters. The van der Waals surface area contributed by atoms with Gasteiger partial charge >= 0.3 is 0 Å². The molecule has 2 aromatic rings. The van der Waals surface area contributed by atoms with Gasteiger partial charge in [-0.1, -0.05) is 0 Å². The quantitative estimate of drug-likeness (QED) is 0.832. The maximum atomic E-state index is 12.4. The first-order chi connectivity index (χ1) is 8.86. The Bertz CT molecular complexity index is 526. The van der Waals surface area contributed by atoms with Crippen LogP contribution in [0.2, 0.25) is 0 Å². The van der Waals surface area contributed by atoms with E-state index in [0.29, 0.717) is 0 Å². The number of amides is 1. The van der Waals surface area contributed by atoms with Gasteiger partial charge in [0.25, 0.3) is 5.91 Å². The number of aromatic nitrogens is 2. The molecule has 0 aliphatic carbocycles. The van der Waals surface area contributed by atoms with Crippen LogP contribution in [0.15, 0.2) is 35.4 Å². The molecule has 1 saturated heterocycles. The van der Waals surface area contributed by atoms with Crippen molar-refractivity contribution in [3.8, 4) is 0 Å². The molecule has 18 heavy (non-hydrogen) atoms. The van der Waals surface area contributed by atoms with E-state index < -0.39 is 0 Å². The van der Waals surface area contributed by atoms with Gasteiger partial charge in [-0.05, 0) is 24.3 Å². The first-order valence-electron chi connectivity index (χ1n) is 5.95. The van der Waals surface area contributed by atoms with Gasteiger partial charge in [0.15, 0.2) is 0 Å². The number of rotatable bonds is 2. The third kappa shape index (κ3) is 2.01. The van der Waals surface area contributed by atoms with Crippen LogP contribution in [-0.2, 0) is 0 Å². The summed E-state index contributed by atoms with van der Waals surface area (Å²) in [7, 11) is 0. The Morgan fingerprint density at radius 3 is 3.11 bits per heavy atom. The Balaban J connectivity index is 1.86. The molecule has 0 saturated carbocycles. The smallest absolute Gasteiger partial charge is 0.255 e. The maximum absolute atomic E-state index is 12.4. The van der Waals surface area contributed by atoms with Crippen LogP contribution in [0.5, 0.6) is 0 Å². The average Bonchev–Trinajstić information content (AvgIpc) is 3.10. The predicted octanol–water partition coefficient (Wildman–Crippen LogP) is 2.52. The molecule has 5 heteroatoms. The second-order valence-electron chi connectivity index (χ2n) is 4.30. The van der Waals surface area contributed by atoms with E-state index in [-0.39, 0.29) is 11.9 Å². The van der Waals surface area contributed by atoms with Crippen LogP contribution in [0, 0.1) is 0 Å². The van der Waals surface area contributed by atoms with Crippen molar-refractivity contribution < 1.29 is 4.79 Å². The highest BCUT2D eigenvalue weighted by atomic mass is 32.1. The third-order valence-corrected chi connectivity index (χ3v) is 3.89. The lowest BCUT2D eigenvalue weighted by atomic mass is 10.1. The summed E-state index contributed by atoms with van der Waals surface area (Å²) in [6.07, 6.45) is 7.08. The molecule has 0 N–H and O–H groups in total. The van der Waals surface area contributed by atoms with E-state index in [1.165, 1.54) is 0 Å². The largest absolute Gasteiger partial charge is 0.330 e. The molecule has 1 fully saturated rings. The minimum Gasteiger partial charge on any atom is -0.330 e. The number of hydrogen-bond acceptors (Lipinski definition) is 4. The van der Waals surface area contributed by atoms with Crippen LogP contribution in [-0.4, -0.2) is 27.3 Å². The second-order valence-corrected chi connectivity index (χ2v) is 5.08. The predicted molar refractivity (Wildman–Crippen MR) is 69.4 cm³/mol. The van der Waals surface area contributed by atoms with E-state index in [1.54, 1.807) is 29.9 Å². The van der Waals surface area contributed by atoms with Crippen molar-refractivity contribution in [2.75, 3.05) is 6.54 Å². The highest BCUT2D eigenvalue weighted by Crippen LogP contribution is 2.31. The average molecular weight is 259 g/mol. The Labute approximate surface area is 109 Å². The number of thiophene rings is 1. The molecule has 0 unspecified atom stereocenters. The summed E-state index contributed by atoms with van der Waals surface area (Å²) < 4.78 is 0. The zero-order valence-electron chi connectivity index (χ0n) is 9.82. The molecular weight excluding hydrogens is 246 g/mol. The third-order valence-electron chi connectivity index (χ3n) is 3.21. The van der Waals surface area contributed by atoms with Gasteiger partial charge < -0.3 is 4.90 Å². The number of hydrogen-bond donors (Lipinski definition) is 0. The van der Waals surface area contributed by atoms with Gasteiger partial charge in [-0.2, -0.15) is 11.3 Å². The zero-order valence-corrected chi connectivity index (χ0v) is 10.6. The molecule has 3 rings (SSSR count). The van der Waals surface area contributed by atoms with Crippen LogP contribution in [0.1, 0.15) is 34.9 Å². The monoisotopic (exact) mass is 259 g/mol. The van der Waals surface area contributed by atoms with E-state index in [9.17, 15) is 4.79 Å². The molecule has 1 aliphatic rings. The first kappa shape index (κ1) is 11.3. The van der Waals surface area contributed by atoms with Gasteiger partial charge in [-0.25, -0.2) is 0 Å². The van der Waals surface area contributed by atoms with Crippen LogP contribution < -0.4 is 0 Å². The Morgan fingerprint density at radius 2 is 2.39 bits per heavy atom. The fourth-order valence-electron chi connectivity index (χ4n) is 2.35. The molecule has 0 bridgehead atoms. The summed E-state index contributed by atoms with van der Waals surface area (Å²) >= 11 is 1.55. The minimum atomic E-state index is 0.0751. The summed E-state index contributed by atoms with van der Waals surface area (Å²) in [4.78, 5) is 22.7. The van der Waals surface area contributed by atoms with Crippen molar-refractivity contribution >= 4 is 17.2 Å². The molecule has 4 nitrogen and oxygen atoms in total. The van der Waals surface area contributed by atoms with Crippen LogP contribution in [0.3, 0.4) is 0 Å². The van der Waals surface area contributed by atoms with E-state index in [2.05, 4.69) is 9.97 Å². The number of nitrogens with zero attached hydrogens (tertiary/aromatic N) is 3. The molecule has 3 heterocycles. The van der Waals surface area contributed by atoms with Crippen molar-refractivity contribution in [3.05, 3.63) is 46.7 Å². The summed E-state index contributed by atoms with van der Waals surface area (Å²) in [6, 6.07) is 1.95. The summed E-state index contributed by atoms with van der Waals surface area (Å²) in [6.45, 7) is 0.802. The minimum absolute atomic E-state index is 0.0751. The SMILES string of the molecule is O=C(c1ccsc1)N1CCC[C@@H]1c1cnccn1. The Morgan fingerprint density at radius 1 is 1.44 bits per heavy atom. The molecule has 2 aromatic heterocycles. The van der Waals surface area contributed by atoms with Crippen LogP contribution in [0.25, 0.3) is 0 Å². The number of carbonyl (C=O) groups is 1. The van der Waals surface area contributed by atoms with Gasteiger partial charge in [0.2, 0.25) is 0 Å². The van der Waals surface area contributed by atoms with Gasteiger partial charge in [0.1, 0.15) is 0 Å². The van der Waals surface area contributed by atoms with Gasteiger partial charge in [0, 0.05) is 24.3 Å². The van der Waals surface area contributed by atoms with Crippen molar-refractivity contribution in [1.29, 1.82) is 0 Å². The molecule has 1 amide bonds. The maximum Gasteiger partial charge on any atom is 0.255 e. The van der Waals surface area contributed by atoms with Gasteiger partial charge in [-0.3, -0.25) is 14.8 Å². The molecular formula is C13H13N3OS. The van der Waals surface area contributed by atoms with Crippen LogP contribution in [0.4, 0.5) is 0 Å².